The summed E-state index contributed by atoms with van der Waals surface area (Å²) in [4.78, 5) is 0. The molecule has 280 valence electrons. The van der Waals surface area contributed by atoms with Crippen molar-refractivity contribution in [3.05, 3.63) is 174 Å². The van der Waals surface area contributed by atoms with Crippen LogP contribution in [0, 0.1) is 5.92 Å². The van der Waals surface area contributed by atoms with E-state index >= 15 is 0 Å². The van der Waals surface area contributed by atoms with Gasteiger partial charge in [-0.2, -0.15) is 8.97 Å². The average molecular weight is 742 g/mol. The lowest BCUT2D eigenvalue weighted by Crippen LogP contribution is -2.70. The maximum absolute atomic E-state index is 2.67. The molecule has 4 aromatic heterocycles. The van der Waals surface area contributed by atoms with Gasteiger partial charge < -0.3 is 4.57 Å². The van der Waals surface area contributed by atoms with Crippen LogP contribution < -0.4 is 8.97 Å². The molecule has 1 aliphatic heterocycles. The Kier molecular flexibility index (Phi) is 7.31. The minimum Gasteiger partial charge on any atom is -0.309 e. The van der Waals surface area contributed by atoms with E-state index in [4.69, 9.17) is 0 Å². The lowest BCUT2D eigenvalue weighted by molar-refractivity contribution is -0.771. The molecule has 0 bridgehead atoms. The molecule has 0 radical (unpaired) electrons. The van der Waals surface area contributed by atoms with E-state index in [1.807, 2.05) is 0 Å². The van der Waals surface area contributed by atoms with E-state index in [1.165, 1.54) is 83.0 Å². The molecule has 8 aromatic rings. The molecule has 3 atom stereocenters. The molecular weight excluding hydrogens is 691 g/mol. The van der Waals surface area contributed by atoms with Crippen LogP contribution in [-0.2, 0) is 22.8 Å². The number of rotatable bonds is 5. The Labute approximate surface area is 336 Å². The van der Waals surface area contributed by atoms with Crippen LogP contribution in [0.25, 0.3) is 60.6 Å². The first-order valence-electron chi connectivity index (χ1n) is 21.2. The number of allylic oxidation sites excluding steroid dienone is 4. The van der Waals surface area contributed by atoms with Crippen LogP contribution in [0.2, 0.25) is 0 Å². The van der Waals surface area contributed by atoms with Crippen molar-refractivity contribution < 1.29 is 8.97 Å². The zero-order valence-corrected chi connectivity index (χ0v) is 34.1. The summed E-state index contributed by atoms with van der Waals surface area (Å²) in [7, 11) is 0. The fraction of sp³-hybridized carbons (Fsp3) is 0.259. The quantitative estimate of drug-likeness (QED) is 0.123. The third kappa shape index (κ3) is 4.54. The predicted octanol–water partition coefficient (Wildman–Crippen LogP) is 12.3. The van der Waals surface area contributed by atoms with Crippen LogP contribution in [0.5, 0.6) is 0 Å². The summed E-state index contributed by atoms with van der Waals surface area (Å²) in [5, 5.41) is 5.23. The minimum atomic E-state index is -0.206. The normalized spacial score (nSPS) is 22.0. The fourth-order valence-corrected chi connectivity index (χ4v) is 11.8. The van der Waals surface area contributed by atoms with Crippen molar-refractivity contribution >= 4 is 43.7 Å². The molecule has 3 unspecified atom stereocenters. The maximum atomic E-state index is 2.67. The molecule has 0 fully saturated rings. The number of pyridine rings is 3. The van der Waals surface area contributed by atoms with Crippen LogP contribution in [-0.4, -0.2) is 4.57 Å². The van der Waals surface area contributed by atoms with Crippen molar-refractivity contribution in [2.24, 2.45) is 5.92 Å². The molecule has 5 heterocycles. The van der Waals surface area contributed by atoms with Gasteiger partial charge in [-0.3, -0.25) is 0 Å². The summed E-state index contributed by atoms with van der Waals surface area (Å²) in [5.41, 5.74) is 16.0. The van der Waals surface area contributed by atoms with Gasteiger partial charge in [-0.05, 0) is 102 Å². The Bertz CT molecular complexity index is 3060. The van der Waals surface area contributed by atoms with Gasteiger partial charge in [0.25, 0.3) is 0 Å². The van der Waals surface area contributed by atoms with Crippen LogP contribution in [0.3, 0.4) is 0 Å². The molecule has 0 amide bonds. The van der Waals surface area contributed by atoms with Gasteiger partial charge >= 0.3 is 0 Å². The number of para-hydroxylation sites is 1. The second kappa shape index (κ2) is 12.1. The maximum Gasteiger partial charge on any atom is 0.218 e. The number of aromatic nitrogens is 3. The van der Waals surface area contributed by atoms with Gasteiger partial charge in [0, 0.05) is 58.6 Å². The molecule has 2 aliphatic carbocycles. The number of hydrogen-bond donors (Lipinski definition) is 0. The fourth-order valence-electron chi connectivity index (χ4n) is 11.8. The second-order valence-electron chi connectivity index (χ2n) is 17.9. The smallest absolute Gasteiger partial charge is 0.218 e. The molecule has 11 rings (SSSR count). The standard InChI is InChI=1S/C54H51N3/c1-7-53(6)45-26-24-37(57-50-22-12-11-19-41(50)43-32-42-40-25-23-35(3)29-46(40)52(4,5)47(42)33-51(43)57)31-44(45)49-21-14-16-28-56(49)54(53,8-2)34-38-30-36-17-9-10-18-39(36)48-20-13-15-27-55(38)48/h9-28,30-33,35H,7-8,29,34H2,1-6H3/q+2. The topological polar surface area (TPSA) is 12.9 Å². The Morgan fingerprint density at radius 3 is 2.30 bits per heavy atom. The van der Waals surface area contributed by atoms with Crippen LogP contribution in [0.1, 0.15) is 83.2 Å². The lowest BCUT2D eigenvalue weighted by atomic mass is 9.58. The molecule has 0 saturated carbocycles. The summed E-state index contributed by atoms with van der Waals surface area (Å²) < 4.78 is 7.66. The first-order chi connectivity index (χ1) is 27.7. The first kappa shape index (κ1) is 34.4. The molecule has 57 heavy (non-hydrogen) atoms. The summed E-state index contributed by atoms with van der Waals surface area (Å²) in [5.74, 6) is 0.573. The van der Waals surface area contributed by atoms with E-state index < -0.39 is 0 Å². The molecule has 3 aliphatic rings. The van der Waals surface area contributed by atoms with Gasteiger partial charge in [0.05, 0.1) is 33.8 Å². The van der Waals surface area contributed by atoms with E-state index in [-0.39, 0.29) is 16.4 Å². The predicted molar refractivity (Wildman–Crippen MR) is 236 cm³/mol. The molecular formula is C54H51N3+2. The minimum absolute atomic E-state index is 0.00827. The van der Waals surface area contributed by atoms with E-state index in [2.05, 4.69) is 201 Å². The number of nitrogens with zero attached hydrogens (tertiary/aromatic N) is 3. The molecule has 0 spiro atoms. The van der Waals surface area contributed by atoms with Crippen molar-refractivity contribution in [2.45, 2.75) is 83.6 Å². The van der Waals surface area contributed by atoms with Crippen LogP contribution >= 0.6 is 0 Å². The van der Waals surface area contributed by atoms with Gasteiger partial charge in [-0.25, -0.2) is 0 Å². The first-order valence-corrected chi connectivity index (χ1v) is 21.2. The summed E-state index contributed by atoms with van der Waals surface area (Å²) in [6, 6.07) is 46.2. The number of hydrogen-bond acceptors (Lipinski definition) is 0. The van der Waals surface area contributed by atoms with Gasteiger partial charge in [0.1, 0.15) is 0 Å². The zero-order valence-electron chi connectivity index (χ0n) is 34.1. The summed E-state index contributed by atoms with van der Waals surface area (Å²) in [6.07, 6.45) is 13.5. The van der Waals surface area contributed by atoms with E-state index in [0.29, 0.717) is 5.92 Å². The third-order valence-corrected chi connectivity index (χ3v) is 14.9. The van der Waals surface area contributed by atoms with Gasteiger partial charge in [-0.15, -0.1) is 0 Å². The SMILES string of the molecule is CCC1(C)c2ccc(-n3c4ccccc4c4cc5c(cc43)C(C)(C)C3=C5C=CC(C)C3)cc2-c2cccc[n+]2C1(CC)Cc1cc2ccccc2c2cccc[n+]12. The van der Waals surface area contributed by atoms with E-state index in [0.717, 1.165) is 25.7 Å². The monoisotopic (exact) mass is 741 g/mol. The van der Waals surface area contributed by atoms with Crippen LogP contribution in [0.4, 0.5) is 0 Å². The zero-order chi connectivity index (χ0) is 38.8. The van der Waals surface area contributed by atoms with Crippen molar-refractivity contribution in [2.75, 3.05) is 0 Å². The highest BCUT2D eigenvalue weighted by Gasteiger charge is 2.60. The molecule has 4 aromatic carbocycles. The molecule has 3 nitrogen and oxygen atoms in total. The highest BCUT2D eigenvalue weighted by Crippen LogP contribution is 2.54. The lowest BCUT2D eigenvalue weighted by Gasteiger charge is -2.47. The summed E-state index contributed by atoms with van der Waals surface area (Å²) >= 11 is 0. The van der Waals surface area contributed by atoms with Crippen molar-refractivity contribution in [1.29, 1.82) is 0 Å². The van der Waals surface area contributed by atoms with Crippen molar-refractivity contribution in [3.63, 3.8) is 0 Å². The molecule has 0 N–H and O–H groups in total. The van der Waals surface area contributed by atoms with E-state index in [1.54, 1.807) is 5.57 Å². The number of benzene rings is 4. The molecule has 3 heteroatoms. The largest absolute Gasteiger partial charge is 0.309 e. The van der Waals surface area contributed by atoms with Crippen LogP contribution in [0.15, 0.2) is 151 Å². The molecule has 0 saturated heterocycles. The Morgan fingerprint density at radius 2 is 1.46 bits per heavy atom. The van der Waals surface area contributed by atoms with Gasteiger partial charge in [0.15, 0.2) is 23.6 Å². The van der Waals surface area contributed by atoms with Gasteiger partial charge in [-0.1, -0.05) is 94.8 Å². The number of fused-ring (bicyclic) bond motifs is 11. The highest BCUT2D eigenvalue weighted by atomic mass is 15.1. The second-order valence-corrected chi connectivity index (χ2v) is 17.9. The van der Waals surface area contributed by atoms with Gasteiger partial charge in [0.2, 0.25) is 11.2 Å². The van der Waals surface area contributed by atoms with E-state index in [9.17, 15) is 0 Å². The highest BCUT2D eigenvalue weighted by molar-refractivity contribution is 6.11. The van der Waals surface area contributed by atoms with Crippen molar-refractivity contribution in [1.82, 2.24) is 4.57 Å². The Morgan fingerprint density at radius 1 is 0.684 bits per heavy atom. The van der Waals surface area contributed by atoms with Crippen molar-refractivity contribution in [3.8, 4) is 16.9 Å². The summed E-state index contributed by atoms with van der Waals surface area (Å²) in [6.45, 7) is 14.6. The average Bonchev–Trinajstić information content (AvgIpc) is 3.68. The Hall–Kier alpha value is -5.80. The third-order valence-electron chi connectivity index (χ3n) is 14.9. The Balaban J connectivity index is 1.12.